The van der Waals surface area contributed by atoms with E-state index in [1.165, 1.54) is 11.8 Å². The molecule has 5 rings (SSSR count). The Kier molecular flexibility index (Phi) is 10.5. The number of carbonyl (C=O) groups is 1. The summed E-state index contributed by atoms with van der Waals surface area (Å²) < 4.78 is 30.1. The Labute approximate surface area is 259 Å². The van der Waals surface area contributed by atoms with Gasteiger partial charge in [-0.3, -0.25) is 9.00 Å². The van der Waals surface area contributed by atoms with Crippen molar-refractivity contribution >= 4 is 51.9 Å². The maximum atomic E-state index is 11.7. The van der Waals surface area contributed by atoms with Crippen molar-refractivity contribution in [1.29, 1.82) is 0 Å². The van der Waals surface area contributed by atoms with E-state index in [2.05, 4.69) is 42.4 Å². The van der Waals surface area contributed by atoms with Gasteiger partial charge in [0.25, 0.3) is 0 Å². The Bertz CT molecular complexity index is 1450. The van der Waals surface area contributed by atoms with Crippen LogP contribution in [0, 0.1) is 0 Å². The normalized spacial score (nSPS) is 17.4. The number of amides is 1. The molecule has 0 saturated carbocycles. The topological polar surface area (TPSA) is 135 Å². The number of anilines is 4. The highest BCUT2D eigenvalue weighted by Crippen LogP contribution is 2.36. The SMILES string of the molecule is COc1cc(C2CCN(C3CCN(C(C)=O)CC3)CC2)ccc1Nc1ncc(Cl)c(Nc2ccccc2CNS(=O)[O-])n1. The van der Waals surface area contributed by atoms with Crippen molar-refractivity contribution in [3.63, 3.8) is 0 Å². The zero-order chi connectivity index (χ0) is 30.3. The van der Waals surface area contributed by atoms with Crippen molar-refractivity contribution in [2.24, 2.45) is 0 Å². The Balaban J connectivity index is 1.22. The maximum absolute atomic E-state index is 11.7. The molecule has 1 amide bonds. The smallest absolute Gasteiger partial charge is 0.229 e. The fraction of sp³-hybridized carbons (Fsp3) is 0.433. The lowest BCUT2D eigenvalue weighted by Crippen LogP contribution is -2.48. The third-order valence-electron chi connectivity index (χ3n) is 8.29. The van der Waals surface area contributed by atoms with Crippen LogP contribution in [0.2, 0.25) is 5.02 Å². The summed E-state index contributed by atoms with van der Waals surface area (Å²) in [5.74, 6) is 2.04. The number of benzene rings is 2. The molecule has 0 bridgehead atoms. The van der Waals surface area contributed by atoms with E-state index in [9.17, 15) is 13.6 Å². The second-order valence-electron chi connectivity index (χ2n) is 10.9. The van der Waals surface area contributed by atoms with Gasteiger partial charge in [-0.25, -0.2) is 9.71 Å². The predicted octanol–water partition coefficient (Wildman–Crippen LogP) is 4.70. The number of methoxy groups -OCH3 is 1. The highest BCUT2D eigenvalue weighted by Gasteiger charge is 2.29. The lowest BCUT2D eigenvalue weighted by Gasteiger charge is -2.41. The summed E-state index contributed by atoms with van der Waals surface area (Å²) in [7, 11) is 1.65. The van der Waals surface area contributed by atoms with Gasteiger partial charge in [0.1, 0.15) is 10.8 Å². The molecule has 2 aromatic carbocycles. The van der Waals surface area contributed by atoms with Crippen LogP contribution in [0.15, 0.2) is 48.7 Å². The average Bonchev–Trinajstić information content (AvgIpc) is 3.02. The fourth-order valence-electron chi connectivity index (χ4n) is 5.90. The molecule has 1 atom stereocenters. The van der Waals surface area contributed by atoms with Crippen molar-refractivity contribution in [3.05, 3.63) is 64.8 Å². The zero-order valence-corrected chi connectivity index (χ0v) is 25.9. The maximum Gasteiger partial charge on any atom is 0.229 e. The van der Waals surface area contributed by atoms with Gasteiger partial charge in [-0.15, -0.1) is 0 Å². The van der Waals surface area contributed by atoms with E-state index in [0.717, 1.165) is 63.1 Å². The minimum Gasteiger partial charge on any atom is -0.760 e. The summed E-state index contributed by atoms with van der Waals surface area (Å²) in [5, 5.41) is 6.75. The lowest BCUT2D eigenvalue weighted by molar-refractivity contribution is -0.130. The predicted molar refractivity (Wildman–Crippen MR) is 168 cm³/mol. The number of nitrogens with zero attached hydrogens (tertiary/aromatic N) is 4. The molecule has 2 fully saturated rings. The molecule has 3 aromatic rings. The highest BCUT2D eigenvalue weighted by atomic mass is 35.5. The Hall–Kier alpha value is -3.29. The largest absolute Gasteiger partial charge is 0.760 e. The van der Waals surface area contributed by atoms with E-state index in [1.54, 1.807) is 14.0 Å². The summed E-state index contributed by atoms with van der Waals surface area (Å²) in [4.78, 5) is 25.1. The summed E-state index contributed by atoms with van der Waals surface area (Å²) in [6.45, 7) is 5.61. The van der Waals surface area contributed by atoms with Gasteiger partial charge < -0.3 is 29.7 Å². The van der Waals surface area contributed by atoms with E-state index in [0.29, 0.717) is 40.2 Å². The number of halogens is 1. The number of ether oxygens (including phenoxy) is 1. The first-order chi connectivity index (χ1) is 20.8. The molecule has 2 saturated heterocycles. The van der Waals surface area contributed by atoms with Crippen LogP contribution < -0.4 is 20.1 Å². The molecular weight excluding hydrogens is 590 g/mol. The van der Waals surface area contributed by atoms with E-state index in [-0.39, 0.29) is 12.5 Å². The number of rotatable bonds is 10. The second kappa shape index (κ2) is 14.5. The third-order valence-corrected chi connectivity index (χ3v) is 8.95. The molecular formula is C30H37ClN7O4S-. The quantitative estimate of drug-likeness (QED) is 0.274. The molecule has 3 heterocycles. The Morgan fingerprint density at radius 1 is 1.07 bits per heavy atom. The van der Waals surface area contributed by atoms with Crippen LogP contribution >= 0.6 is 11.6 Å². The molecule has 3 N–H and O–H groups in total. The molecule has 0 radical (unpaired) electrons. The minimum atomic E-state index is -2.38. The molecule has 43 heavy (non-hydrogen) atoms. The van der Waals surface area contributed by atoms with Gasteiger partial charge in [-0.1, -0.05) is 35.9 Å². The molecule has 1 aromatic heterocycles. The standard InChI is InChI=1S/C30H38ClN7O4S/c1-20(39)37-15-11-24(12-16-37)38-13-9-21(10-14-38)22-7-8-27(28(17-22)42-2)35-30-32-19-25(31)29(36-30)34-26-6-4-3-5-23(26)18-33-43(40)41/h3-8,17,19,21,24,33H,9-16,18H2,1-2H3,(H,40,41)(H2,32,34,35,36)/p-1. The van der Waals surface area contributed by atoms with Crippen LogP contribution in [0.3, 0.4) is 0 Å². The first-order valence-corrected chi connectivity index (χ1v) is 15.9. The molecule has 2 aliphatic heterocycles. The number of nitrogens with one attached hydrogen (secondary N) is 3. The second-order valence-corrected chi connectivity index (χ2v) is 12.0. The molecule has 11 nitrogen and oxygen atoms in total. The molecule has 13 heteroatoms. The number of hydrogen-bond donors (Lipinski definition) is 3. The number of para-hydroxylation sites is 1. The van der Waals surface area contributed by atoms with Crippen molar-refractivity contribution in [2.45, 2.75) is 51.1 Å². The van der Waals surface area contributed by atoms with Crippen LogP contribution in [-0.2, 0) is 22.6 Å². The van der Waals surface area contributed by atoms with Gasteiger partial charge in [0, 0.05) is 49.6 Å². The van der Waals surface area contributed by atoms with Gasteiger partial charge in [0.15, 0.2) is 5.82 Å². The van der Waals surface area contributed by atoms with Crippen molar-refractivity contribution in [3.8, 4) is 5.75 Å². The molecule has 2 aliphatic rings. The summed E-state index contributed by atoms with van der Waals surface area (Å²) in [5.41, 5.74) is 3.38. The van der Waals surface area contributed by atoms with E-state index in [1.807, 2.05) is 35.2 Å². The van der Waals surface area contributed by atoms with E-state index in [4.69, 9.17) is 16.3 Å². The first-order valence-electron chi connectivity index (χ1n) is 14.5. The van der Waals surface area contributed by atoms with Crippen LogP contribution in [-0.4, -0.2) is 73.8 Å². The van der Waals surface area contributed by atoms with Gasteiger partial charge in [-0.2, -0.15) is 4.98 Å². The van der Waals surface area contributed by atoms with Crippen LogP contribution in [0.5, 0.6) is 5.75 Å². The Morgan fingerprint density at radius 2 is 1.81 bits per heavy atom. The van der Waals surface area contributed by atoms with Gasteiger partial charge in [0.05, 0.1) is 19.0 Å². The summed E-state index contributed by atoms with van der Waals surface area (Å²) in [6.07, 6.45) is 5.77. The highest BCUT2D eigenvalue weighted by molar-refractivity contribution is 7.77. The summed E-state index contributed by atoms with van der Waals surface area (Å²) in [6, 6.07) is 14.1. The summed E-state index contributed by atoms with van der Waals surface area (Å²) >= 11 is 4.02. The molecule has 0 aliphatic carbocycles. The molecule has 1 unspecified atom stereocenters. The van der Waals surface area contributed by atoms with E-state index >= 15 is 0 Å². The fourth-order valence-corrected chi connectivity index (χ4v) is 6.32. The van der Waals surface area contributed by atoms with Crippen molar-refractivity contribution < 1.29 is 18.3 Å². The number of likely N-dealkylation sites (tertiary alicyclic amines) is 2. The van der Waals surface area contributed by atoms with Crippen molar-refractivity contribution in [1.82, 2.24) is 24.5 Å². The number of hydrogen-bond acceptors (Lipinski definition) is 9. The monoisotopic (exact) mass is 626 g/mol. The van der Waals surface area contributed by atoms with Crippen LogP contribution in [0.4, 0.5) is 23.1 Å². The Morgan fingerprint density at radius 3 is 2.51 bits per heavy atom. The third kappa shape index (κ3) is 8.01. The first kappa shape index (κ1) is 31.1. The molecule has 230 valence electrons. The zero-order valence-electron chi connectivity index (χ0n) is 24.3. The van der Waals surface area contributed by atoms with E-state index < -0.39 is 11.3 Å². The van der Waals surface area contributed by atoms with Crippen molar-refractivity contribution in [2.75, 3.05) is 43.9 Å². The molecule has 0 spiro atoms. The number of carbonyl (C=O) groups excluding carboxylic acids is 1. The van der Waals surface area contributed by atoms with Gasteiger partial charge >= 0.3 is 0 Å². The van der Waals surface area contributed by atoms with Crippen LogP contribution in [0.25, 0.3) is 0 Å². The average molecular weight is 627 g/mol. The number of aromatic nitrogens is 2. The van der Waals surface area contributed by atoms with Gasteiger partial charge in [0.2, 0.25) is 11.9 Å². The van der Waals surface area contributed by atoms with Gasteiger partial charge in [-0.05, 0) is 74.0 Å². The van der Waals surface area contributed by atoms with Crippen LogP contribution in [0.1, 0.15) is 49.7 Å². The lowest BCUT2D eigenvalue weighted by atomic mass is 9.87. The number of piperidine rings is 2. The minimum absolute atomic E-state index is 0.121.